The predicted molar refractivity (Wildman–Crippen MR) is 100 cm³/mol. The van der Waals surface area contributed by atoms with Crippen LogP contribution in [0.25, 0.3) is 0 Å². The van der Waals surface area contributed by atoms with Crippen LogP contribution in [0.2, 0.25) is 5.02 Å². The van der Waals surface area contributed by atoms with Crippen molar-refractivity contribution in [1.82, 2.24) is 10.3 Å². The Kier molecular flexibility index (Phi) is 6.16. The molecule has 1 heterocycles. The molecule has 2 aromatic rings. The first-order chi connectivity index (χ1) is 14.3. The first-order valence-electron chi connectivity index (χ1n) is 9.16. The monoisotopic (exact) mass is 464 g/mol. The van der Waals surface area contributed by atoms with Gasteiger partial charge >= 0.3 is 6.18 Å². The highest BCUT2D eigenvalue weighted by Gasteiger charge is 2.48. The average molecular weight is 465 g/mol. The number of benzene rings is 1. The second kappa shape index (κ2) is 8.23. The van der Waals surface area contributed by atoms with E-state index in [1.165, 1.54) is 13.0 Å². The molecule has 1 atom stereocenters. The summed E-state index contributed by atoms with van der Waals surface area (Å²) in [5.74, 6) is -2.83. The third-order valence-corrected chi connectivity index (χ3v) is 5.00. The highest BCUT2D eigenvalue weighted by molar-refractivity contribution is 6.30. The standard InChI is InChI=1S/C20H18ClF5N2O3/c1-18(30,13-3-2-12(22)8-14(13)23)9-16(29)28-19(4-5-19)15-6-11(21)7-17(27-15)31-10-20(24,25)26/h2-3,6-8,30H,4-5,9-10H2,1H3,(H,28,29)/t18-/m0/s1. The molecule has 31 heavy (non-hydrogen) atoms. The molecule has 1 aliphatic carbocycles. The number of pyridine rings is 1. The van der Waals surface area contributed by atoms with Crippen molar-refractivity contribution in [3.63, 3.8) is 0 Å². The summed E-state index contributed by atoms with van der Waals surface area (Å²) in [5.41, 5.74) is -2.97. The smallest absolute Gasteiger partial charge is 0.422 e. The summed E-state index contributed by atoms with van der Waals surface area (Å²) in [5, 5.41) is 13.3. The molecule has 5 nitrogen and oxygen atoms in total. The van der Waals surface area contributed by atoms with E-state index in [-0.39, 0.29) is 22.2 Å². The van der Waals surface area contributed by atoms with Crippen LogP contribution in [0.15, 0.2) is 30.3 Å². The maximum absolute atomic E-state index is 14.0. The molecule has 1 fully saturated rings. The van der Waals surface area contributed by atoms with E-state index in [1.807, 2.05) is 0 Å². The summed E-state index contributed by atoms with van der Waals surface area (Å²) in [6, 6.07) is 5.13. The van der Waals surface area contributed by atoms with Crippen molar-refractivity contribution in [3.8, 4) is 5.88 Å². The number of rotatable bonds is 7. The van der Waals surface area contributed by atoms with Crippen molar-refractivity contribution in [2.45, 2.75) is 43.5 Å². The number of hydrogen-bond acceptors (Lipinski definition) is 4. The molecule has 2 N–H and O–H groups in total. The van der Waals surface area contributed by atoms with E-state index in [0.717, 1.165) is 18.2 Å². The Bertz CT molecular complexity index is 993. The fourth-order valence-electron chi connectivity index (χ4n) is 3.16. The highest BCUT2D eigenvalue weighted by atomic mass is 35.5. The summed E-state index contributed by atoms with van der Waals surface area (Å²) in [7, 11) is 0. The lowest BCUT2D eigenvalue weighted by molar-refractivity contribution is -0.154. The van der Waals surface area contributed by atoms with Gasteiger partial charge in [-0.15, -0.1) is 0 Å². The molecule has 1 amide bonds. The number of carbonyl (C=O) groups excluding carboxylic acids is 1. The van der Waals surface area contributed by atoms with Crippen LogP contribution >= 0.6 is 11.6 Å². The van der Waals surface area contributed by atoms with E-state index < -0.39 is 47.9 Å². The van der Waals surface area contributed by atoms with Gasteiger partial charge in [0.15, 0.2) is 6.61 Å². The Morgan fingerprint density at radius 2 is 1.94 bits per heavy atom. The molecule has 1 aromatic heterocycles. The van der Waals surface area contributed by atoms with Gasteiger partial charge in [0.1, 0.15) is 11.6 Å². The van der Waals surface area contributed by atoms with Gasteiger partial charge in [0.2, 0.25) is 11.8 Å². The first-order valence-corrected chi connectivity index (χ1v) is 9.54. The van der Waals surface area contributed by atoms with Crippen LogP contribution in [0.5, 0.6) is 5.88 Å². The normalized spacial score (nSPS) is 17.0. The number of halogens is 6. The van der Waals surface area contributed by atoms with Gasteiger partial charge in [-0.3, -0.25) is 4.79 Å². The quantitative estimate of drug-likeness (QED) is 0.597. The summed E-state index contributed by atoms with van der Waals surface area (Å²) in [6.07, 6.45) is -4.25. The molecule has 11 heteroatoms. The van der Waals surface area contributed by atoms with E-state index in [0.29, 0.717) is 18.9 Å². The zero-order valence-electron chi connectivity index (χ0n) is 16.2. The average Bonchev–Trinajstić information content (AvgIpc) is 3.38. The van der Waals surface area contributed by atoms with Gasteiger partial charge in [-0.2, -0.15) is 13.2 Å². The molecule has 168 valence electrons. The van der Waals surface area contributed by atoms with Crippen molar-refractivity contribution in [2.24, 2.45) is 0 Å². The zero-order valence-corrected chi connectivity index (χ0v) is 16.9. The lowest BCUT2D eigenvalue weighted by atomic mass is 9.91. The number of amides is 1. The largest absolute Gasteiger partial charge is 0.468 e. The topological polar surface area (TPSA) is 71.5 Å². The molecule has 0 spiro atoms. The Morgan fingerprint density at radius 3 is 2.52 bits per heavy atom. The van der Waals surface area contributed by atoms with Crippen LogP contribution < -0.4 is 10.1 Å². The minimum atomic E-state index is -4.56. The van der Waals surface area contributed by atoms with E-state index in [1.54, 1.807) is 0 Å². The van der Waals surface area contributed by atoms with Gasteiger partial charge in [-0.25, -0.2) is 13.8 Å². The van der Waals surface area contributed by atoms with E-state index in [9.17, 15) is 31.9 Å². The molecule has 0 saturated heterocycles. The molecular weight excluding hydrogens is 447 g/mol. The summed E-state index contributed by atoms with van der Waals surface area (Å²) < 4.78 is 68.9. The summed E-state index contributed by atoms with van der Waals surface area (Å²) >= 11 is 5.96. The third kappa shape index (κ3) is 5.82. The number of ether oxygens (including phenoxy) is 1. The van der Waals surface area contributed by atoms with Gasteiger partial charge < -0.3 is 15.2 Å². The molecule has 0 unspecified atom stereocenters. The SMILES string of the molecule is C[C@](O)(CC(=O)NC1(c2cc(Cl)cc(OCC(F)(F)F)n2)CC1)c1ccc(F)cc1F. The number of nitrogens with one attached hydrogen (secondary N) is 1. The minimum absolute atomic E-state index is 0.0723. The van der Waals surface area contributed by atoms with Gasteiger partial charge in [0.05, 0.1) is 23.3 Å². The number of alkyl halides is 3. The van der Waals surface area contributed by atoms with Crippen LogP contribution in [0.1, 0.15) is 37.4 Å². The van der Waals surface area contributed by atoms with E-state index in [2.05, 4.69) is 15.0 Å². The Hall–Kier alpha value is -2.46. The van der Waals surface area contributed by atoms with Crippen LogP contribution in [-0.2, 0) is 15.9 Å². The molecule has 3 rings (SSSR count). The zero-order chi connectivity index (χ0) is 23.0. The van der Waals surface area contributed by atoms with Crippen molar-refractivity contribution >= 4 is 17.5 Å². The third-order valence-electron chi connectivity index (χ3n) is 4.79. The highest BCUT2D eigenvalue weighted by Crippen LogP contribution is 2.46. The van der Waals surface area contributed by atoms with Crippen molar-refractivity contribution < 1.29 is 36.6 Å². The van der Waals surface area contributed by atoms with Crippen LogP contribution in [-0.4, -0.2) is 28.8 Å². The lowest BCUT2D eigenvalue weighted by Crippen LogP contribution is -2.39. The van der Waals surface area contributed by atoms with Crippen LogP contribution in [0, 0.1) is 11.6 Å². The second-order valence-corrected chi connectivity index (χ2v) is 8.05. The Morgan fingerprint density at radius 1 is 1.26 bits per heavy atom. The van der Waals surface area contributed by atoms with Crippen LogP contribution in [0.4, 0.5) is 22.0 Å². The van der Waals surface area contributed by atoms with E-state index >= 15 is 0 Å². The van der Waals surface area contributed by atoms with Crippen molar-refractivity contribution in [1.29, 1.82) is 0 Å². The maximum Gasteiger partial charge on any atom is 0.422 e. The molecule has 1 aromatic carbocycles. The van der Waals surface area contributed by atoms with E-state index in [4.69, 9.17) is 11.6 Å². The second-order valence-electron chi connectivity index (χ2n) is 7.62. The number of nitrogens with zero attached hydrogens (tertiary/aromatic N) is 1. The maximum atomic E-state index is 14.0. The fourth-order valence-corrected chi connectivity index (χ4v) is 3.36. The van der Waals surface area contributed by atoms with Crippen molar-refractivity contribution in [2.75, 3.05) is 6.61 Å². The van der Waals surface area contributed by atoms with Gasteiger partial charge in [-0.05, 0) is 31.9 Å². The molecule has 0 aliphatic heterocycles. The van der Waals surface area contributed by atoms with Crippen molar-refractivity contribution in [3.05, 3.63) is 58.2 Å². The van der Waals surface area contributed by atoms with Gasteiger partial charge in [0, 0.05) is 22.7 Å². The predicted octanol–water partition coefficient (Wildman–Crippen LogP) is 4.36. The molecule has 1 saturated carbocycles. The van der Waals surface area contributed by atoms with Gasteiger partial charge in [-0.1, -0.05) is 17.7 Å². The summed E-state index contributed by atoms with van der Waals surface area (Å²) in [6.45, 7) is -0.339. The Balaban J connectivity index is 1.73. The number of hydrogen-bond donors (Lipinski definition) is 2. The Labute approximate surface area is 179 Å². The molecule has 0 radical (unpaired) electrons. The molecule has 1 aliphatic rings. The number of aliphatic hydroxyl groups is 1. The van der Waals surface area contributed by atoms with Gasteiger partial charge in [0.25, 0.3) is 0 Å². The fraction of sp³-hybridized carbons (Fsp3) is 0.400. The number of aromatic nitrogens is 1. The summed E-state index contributed by atoms with van der Waals surface area (Å²) in [4.78, 5) is 16.6. The first kappa shape index (κ1) is 23.2. The number of carbonyl (C=O) groups is 1. The van der Waals surface area contributed by atoms with Crippen LogP contribution in [0.3, 0.4) is 0 Å². The molecular formula is C20H18ClF5N2O3. The lowest BCUT2D eigenvalue weighted by Gasteiger charge is -2.26. The minimum Gasteiger partial charge on any atom is -0.468 e. The molecule has 0 bridgehead atoms.